The Bertz CT molecular complexity index is 2680. The second kappa shape index (κ2) is 11.6. The van der Waals surface area contributed by atoms with Crippen LogP contribution in [0.5, 0.6) is 0 Å². The molecule has 49 heavy (non-hydrogen) atoms. The summed E-state index contributed by atoms with van der Waals surface area (Å²) in [5.41, 5.74) is 8.37. The normalized spacial score (nSPS) is 14.0. The van der Waals surface area contributed by atoms with Crippen molar-refractivity contribution in [2.24, 2.45) is 0 Å². The molecule has 2 heterocycles. The lowest BCUT2D eigenvalue weighted by molar-refractivity contribution is 1.14. The highest BCUT2D eigenvalue weighted by Gasteiger charge is 2.26. The van der Waals surface area contributed by atoms with Crippen LogP contribution in [0.4, 0.5) is 22.7 Å². The number of fused-ring (bicyclic) bond motifs is 8. The first-order chi connectivity index (χ1) is 24.3. The van der Waals surface area contributed by atoms with Gasteiger partial charge in [0, 0.05) is 47.1 Å². The lowest BCUT2D eigenvalue weighted by Gasteiger charge is -2.29. The van der Waals surface area contributed by atoms with E-state index in [2.05, 4.69) is 180 Å². The zero-order valence-electron chi connectivity index (χ0n) is 26.5. The lowest BCUT2D eigenvalue weighted by Crippen LogP contribution is -2.11. The minimum Gasteiger partial charge on any atom is -0.368 e. The van der Waals surface area contributed by atoms with E-state index in [1.807, 2.05) is 23.1 Å². The second-order valence-electron chi connectivity index (χ2n) is 12.5. The highest BCUT2D eigenvalue weighted by Crippen LogP contribution is 2.52. The molecule has 1 atom stereocenters. The van der Waals surface area contributed by atoms with Crippen molar-refractivity contribution in [2.45, 2.75) is 10.3 Å². The topological polar surface area (TPSA) is 15.3 Å². The van der Waals surface area contributed by atoms with Crippen LogP contribution in [-0.2, 0) is 0 Å². The third kappa shape index (κ3) is 4.71. The molecule has 0 amide bonds. The van der Waals surface area contributed by atoms with Gasteiger partial charge in [0.25, 0.3) is 0 Å². The Balaban J connectivity index is 1.17. The number of hydrogen-bond acceptors (Lipinski definition) is 4. The molecule has 1 aromatic heterocycles. The molecule has 0 fully saturated rings. The van der Waals surface area contributed by atoms with Gasteiger partial charge in [-0.2, -0.15) is 0 Å². The SMILES string of the molecule is c1ccc(C2Nc3c(ccc4ccc5c(N(c6ccccc6)c6ccccc6-c6ccc7c(c6)sc6ccccc67)cccc5c34)S2)cc1. The molecule has 2 nitrogen and oxygen atoms in total. The van der Waals surface area contributed by atoms with Gasteiger partial charge in [-0.1, -0.05) is 139 Å². The van der Waals surface area contributed by atoms with Crippen LogP contribution in [0, 0.1) is 0 Å². The molecule has 1 N–H and O–H groups in total. The number of nitrogens with one attached hydrogen (secondary N) is 1. The van der Waals surface area contributed by atoms with Gasteiger partial charge in [0.1, 0.15) is 5.37 Å². The molecule has 0 bridgehead atoms. The van der Waals surface area contributed by atoms with Crippen LogP contribution in [0.25, 0.3) is 52.8 Å². The fourth-order valence-corrected chi connectivity index (χ4v) is 9.74. The minimum atomic E-state index is 0.186. The molecule has 0 aliphatic carbocycles. The van der Waals surface area contributed by atoms with E-state index in [-0.39, 0.29) is 5.37 Å². The predicted octanol–water partition coefficient (Wildman–Crippen LogP) is 13.7. The number of thiophene rings is 1. The van der Waals surface area contributed by atoms with Crippen molar-refractivity contribution in [3.05, 3.63) is 175 Å². The summed E-state index contributed by atoms with van der Waals surface area (Å²) >= 11 is 3.77. The molecule has 0 saturated carbocycles. The quantitative estimate of drug-likeness (QED) is 0.185. The van der Waals surface area contributed by atoms with Crippen molar-refractivity contribution in [3.8, 4) is 11.1 Å². The van der Waals surface area contributed by atoms with Crippen molar-refractivity contribution in [3.63, 3.8) is 0 Å². The van der Waals surface area contributed by atoms with E-state index in [1.54, 1.807) is 0 Å². The Kier molecular flexibility index (Phi) is 6.71. The number of anilines is 4. The highest BCUT2D eigenvalue weighted by molar-refractivity contribution is 8.00. The number of nitrogens with zero attached hydrogens (tertiary/aromatic N) is 1. The van der Waals surface area contributed by atoms with Crippen molar-refractivity contribution < 1.29 is 0 Å². The maximum atomic E-state index is 3.90. The average molecular weight is 663 g/mol. The summed E-state index contributed by atoms with van der Waals surface area (Å²) in [5.74, 6) is 0. The van der Waals surface area contributed by atoms with Crippen LogP contribution in [0.3, 0.4) is 0 Å². The molecule has 0 spiro atoms. The Morgan fingerprint density at radius 2 is 1.20 bits per heavy atom. The van der Waals surface area contributed by atoms with Crippen molar-refractivity contribution >= 4 is 87.6 Å². The van der Waals surface area contributed by atoms with Gasteiger partial charge in [-0.15, -0.1) is 11.3 Å². The molecule has 4 heteroatoms. The fraction of sp³-hybridized carbons (Fsp3) is 0.0222. The summed E-state index contributed by atoms with van der Waals surface area (Å²) in [6, 6.07) is 61.9. The summed E-state index contributed by atoms with van der Waals surface area (Å²) in [7, 11) is 0. The van der Waals surface area contributed by atoms with Crippen LogP contribution in [0.1, 0.15) is 10.9 Å². The molecule has 10 rings (SSSR count). The molecular weight excluding hydrogens is 633 g/mol. The van der Waals surface area contributed by atoms with E-state index >= 15 is 0 Å². The Hall–Kier alpha value is -5.55. The zero-order valence-corrected chi connectivity index (χ0v) is 28.1. The third-order valence-corrected chi connectivity index (χ3v) is 12.0. The largest absolute Gasteiger partial charge is 0.368 e. The molecular formula is C45H30N2S2. The third-order valence-electron chi connectivity index (χ3n) is 9.69. The smallest absolute Gasteiger partial charge is 0.103 e. The van der Waals surface area contributed by atoms with E-state index in [0.717, 1.165) is 17.1 Å². The van der Waals surface area contributed by atoms with Crippen molar-refractivity contribution in [1.29, 1.82) is 0 Å². The van der Waals surface area contributed by atoms with Crippen LogP contribution < -0.4 is 10.2 Å². The Morgan fingerprint density at radius 3 is 2.10 bits per heavy atom. The highest BCUT2D eigenvalue weighted by atomic mass is 32.2. The van der Waals surface area contributed by atoms with Gasteiger partial charge in [0.2, 0.25) is 0 Å². The van der Waals surface area contributed by atoms with Crippen LogP contribution in [0.15, 0.2) is 175 Å². The first kappa shape index (κ1) is 28.5. The predicted molar refractivity (Wildman–Crippen MR) is 213 cm³/mol. The Labute approximate surface area is 293 Å². The maximum Gasteiger partial charge on any atom is 0.103 e. The molecule has 9 aromatic rings. The molecule has 1 unspecified atom stereocenters. The van der Waals surface area contributed by atoms with E-state index in [4.69, 9.17) is 0 Å². The van der Waals surface area contributed by atoms with E-state index in [9.17, 15) is 0 Å². The molecule has 232 valence electrons. The number of hydrogen-bond donors (Lipinski definition) is 1. The summed E-state index contributed by atoms with van der Waals surface area (Å²) in [6.45, 7) is 0. The van der Waals surface area contributed by atoms with E-state index in [1.165, 1.54) is 69.0 Å². The molecule has 1 aliphatic rings. The lowest BCUT2D eigenvalue weighted by atomic mass is 9.97. The first-order valence-corrected chi connectivity index (χ1v) is 18.3. The standard InChI is InChI=1S/C45H30N2S2/c1-3-12-30(13-4-1)45-46-44-41(49-45)27-24-29-22-25-34-37(43(29)44)18-11-20-39(34)47(32-14-5-2-6-15-32)38-19-9-7-16-33(38)31-23-26-36-35-17-8-10-21-40(35)48-42(36)28-31/h1-28,45-46H. The van der Waals surface area contributed by atoms with E-state index in [0.29, 0.717) is 0 Å². The number of para-hydroxylation sites is 2. The number of benzene rings is 8. The average Bonchev–Trinajstić information content (AvgIpc) is 3.78. The minimum absolute atomic E-state index is 0.186. The maximum absolute atomic E-state index is 3.90. The van der Waals surface area contributed by atoms with E-state index < -0.39 is 0 Å². The van der Waals surface area contributed by atoms with Crippen LogP contribution in [-0.4, -0.2) is 0 Å². The summed E-state index contributed by atoms with van der Waals surface area (Å²) in [5, 5.41) is 11.7. The van der Waals surface area contributed by atoms with Gasteiger partial charge >= 0.3 is 0 Å². The van der Waals surface area contributed by atoms with Crippen molar-refractivity contribution in [1.82, 2.24) is 0 Å². The summed E-state index contributed by atoms with van der Waals surface area (Å²) in [6.07, 6.45) is 0. The number of thioether (sulfide) groups is 1. The van der Waals surface area contributed by atoms with Crippen LogP contribution >= 0.6 is 23.1 Å². The van der Waals surface area contributed by atoms with Gasteiger partial charge in [0.15, 0.2) is 0 Å². The van der Waals surface area contributed by atoms with Gasteiger partial charge < -0.3 is 10.2 Å². The van der Waals surface area contributed by atoms with Gasteiger partial charge in [-0.25, -0.2) is 0 Å². The zero-order chi connectivity index (χ0) is 32.3. The Morgan fingerprint density at radius 1 is 0.510 bits per heavy atom. The van der Waals surface area contributed by atoms with Gasteiger partial charge in [0.05, 0.1) is 17.1 Å². The van der Waals surface area contributed by atoms with Crippen LogP contribution in [0.2, 0.25) is 0 Å². The molecule has 8 aromatic carbocycles. The fourth-order valence-electron chi connectivity index (χ4n) is 7.44. The summed E-state index contributed by atoms with van der Waals surface area (Å²) in [4.78, 5) is 3.73. The van der Waals surface area contributed by atoms with Gasteiger partial charge in [-0.3, -0.25) is 0 Å². The molecule has 1 aliphatic heterocycles. The summed E-state index contributed by atoms with van der Waals surface area (Å²) < 4.78 is 2.63. The number of rotatable bonds is 5. The molecule has 0 saturated heterocycles. The monoisotopic (exact) mass is 662 g/mol. The first-order valence-electron chi connectivity index (χ1n) is 16.6. The second-order valence-corrected chi connectivity index (χ2v) is 14.8. The van der Waals surface area contributed by atoms with Gasteiger partial charge in [-0.05, 0) is 64.4 Å². The molecule has 0 radical (unpaired) electrons. The van der Waals surface area contributed by atoms with Crippen molar-refractivity contribution in [2.75, 3.05) is 10.2 Å².